The highest BCUT2D eigenvalue weighted by Crippen LogP contribution is 2.26. The average Bonchev–Trinajstić information content (AvgIpc) is 2.88. The normalized spacial score (nSPS) is 11.8. The maximum absolute atomic E-state index is 12.3. The topological polar surface area (TPSA) is 94.1 Å². The Kier molecular flexibility index (Phi) is 6.27. The monoisotopic (exact) mass is 366 g/mol. The lowest BCUT2D eigenvalue weighted by molar-refractivity contribution is -0.115. The number of anilines is 1. The Morgan fingerprint density at radius 3 is 2.79 bits per heavy atom. The summed E-state index contributed by atoms with van der Waals surface area (Å²) in [6.45, 7) is 7.39. The number of esters is 1. The highest BCUT2D eigenvalue weighted by Gasteiger charge is 2.20. The smallest absolute Gasteiger partial charge is 0.350 e. The molecule has 0 aliphatic rings. The van der Waals surface area contributed by atoms with Crippen LogP contribution in [0.3, 0.4) is 0 Å². The molecular weight excluding hydrogens is 348 g/mol. The van der Waals surface area contributed by atoms with E-state index in [0.29, 0.717) is 22.3 Å². The average molecular weight is 366 g/mol. The molecule has 0 radical (unpaired) electrons. The molecular formula is C15H18N4O3S2. The number of carbonyl (C=O) groups is 2. The summed E-state index contributed by atoms with van der Waals surface area (Å²) in [5, 5.41) is 3.48. The Balaban J connectivity index is 2.01. The molecule has 1 N–H and O–H groups in total. The second-order valence-electron chi connectivity index (χ2n) is 4.90. The summed E-state index contributed by atoms with van der Waals surface area (Å²) in [4.78, 5) is 36.8. The van der Waals surface area contributed by atoms with Crippen LogP contribution in [0.15, 0.2) is 17.4 Å². The van der Waals surface area contributed by atoms with Crippen LogP contribution in [0.1, 0.15) is 34.9 Å². The number of hydrogen-bond donors (Lipinski definition) is 1. The van der Waals surface area contributed by atoms with Crippen molar-refractivity contribution in [1.82, 2.24) is 15.0 Å². The molecule has 2 heterocycles. The summed E-state index contributed by atoms with van der Waals surface area (Å²) in [5.41, 5.74) is 1.38. The van der Waals surface area contributed by atoms with E-state index < -0.39 is 5.97 Å². The van der Waals surface area contributed by atoms with E-state index in [1.165, 1.54) is 18.1 Å². The first-order chi connectivity index (χ1) is 11.4. The molecule has 9 heteroatoms. The highest BCUT2D eigenvalue weighted by molar-refractivity contribution is 8.00. The predicted octanol–water partition coefficient (Wildman–Crippen LogP) is 2.85. The van der Waals surface area contributed by atoms with Gasteiger partial charge in [0.1, 0.15) is 16.2 Å². The molecule has 2 aromatic rings. The number of aromatic nitrogens is 3. The Morgan fingerprint density at radius 1 is 1.38 bits per heavy atom. The summed E-state index contributed by atoms with van der Waals surface area (Å²) < 4.78 is 4.97. The van der Waals surface area contributed by atoms with Gasteiger partial charge in [-0.3, -0.25) is 4.79 Å². The molecule has 0 saturated carbocycles. The third kappa shape index (κ3) is 4.75. The van der Waals surface area contributed by atoms with E-state index >= 15 is 0 Å². The van der Waals surface area contributed by atoms with Crippen LogP contribution in [0.25, 0.3) is 0 Å². The lowest BCUT2D eigenvalue weighted by Gasteiger charge is -2.09. The van der Waals surface area contributed by atoms with Crippen molar-refractivity contribution in [2.75, 3.05) is 11.9 Å². The molecule has 2 aromatic heterocycles. The van der Waals surface area contributed by atoms with E-state index in [9.17, 15) is 9.59 Å². The van der Waals surface area contributed by atoms with Crippen LogP contribution in [0.5, 0.6) is 0 Å². The minimum Gasteiger partial charge on any atom is -0.462 e. The Labute approximate surface area is 148 Å². The van der Waals surface area contributed by atoms with Gasteiger partial charge in [0.2, 0.25) is 5.91 Å². The minimum absolute atomic E-state index is 0.208. The van der Waals surface area contributed by atoms with Crippen molar-refractivity contribution in [2.24, 2.45) is 0 Å². The second-order valence-corrected chi connectivity index (χ2v) is 7.26. The lowest BCUT2D eigenvalue weighted by atomic mass is 10.4. The zero-order valence-electron chi connectivity index (χ0n) is 13.8. The van der Waals surface area contributed by atoms with Gasteiger partial charge in [-0.15, -0.1) is 0 Å². The van der Waals surface area contributed by atoms with Crippen molar-refractivity contribution in [1.29, 1.82) is 0 Å². The Hall–Kier alpha value is -2.00. The van der Waals surface area contributed by atoms with E-state index in [4.69, 9.17) is 4.74 Å². The summed E-state index contributed by atoms with van der Waals surface area (Å²) in [6.07, 6.45) is 1.47. The van der Waals surface area contributed by atoms with Crippen LogP contribution in [0, 0.1) is 13.8 Å². The van der Waals surface area contributed by atoms with Gasteiger partial charge in [-0.2, -0.15) is 0 Å². The van der Waals surface area contributed by atoms with Gasteiger partial charge < -0.3 is 10.1 Å². The van der Waals surface area contributed by atoms with Crippen molar-refractivity contribution in [3.8, 4) is 0 Å². The number of nitrogens with zero attached hydrogens (tertiary/aromatic N) is 3. The molecule has 128 valence electrons. The van der Waals surface area contributed by atoms with Crippen molar-refractivity contribution >= 4 is 40.1 Å². The van der Waals surface area contributed by atoms with Gasteiger partial charge >= 0.3 is 5.97 Å². The molecule has 24 heavy (non-hydrogen) atoms. The van der Waals surface area contributed by atoms with Crippen molar-refractivity contribution in [3.63, 3.8) is 0 Å². The Bertz CT molecular complexity index is 748. The summed E-state index contributed by atoms with van der Waals surface area (Å²) in [6, 6.07) is 1.82. The fourth-order valence-electron chi connectivity index (χ4n) is 1.77. The third-order valence-corrected chi connectivity index (χ3v) is 5.02. The number of aryl methyl sites for hydroxylation is 2. The maximum Gasteiger partial charge on any atom is 0.350 e. The van der Waals surface area contributed by atoms with E-state index in [1.54, 1.807) is 20.8 Å². The van der Waals surface area contributed by atoms with Crippen LogP contribution in [0.2, 0.25) is 0 Å². The molecule has 7 nitrogen and oxygen atoms in total. The van der Waals surface area contributed by atoms with Gasteiger partial charge in [0.05, 0.1) is 17.6 Å². The van der Waals surface area contributed by atoms with Gasteiger partial charge in [-0.25, -0.2) is 19.7 Å². The van der Waals surface area contributed by atoms with Crippen LogP contribution in [-0.2, 0) is 9.53 Å². The number of thioether (sulfide) groups is 1. The van der Waals surface area contributed by atoms with Crippen LogP contribution >= 0.6 is 23.1 Å². The SMILES string of the molecule is CCOC(=O)c1sc(NC(=O)C(C)Sc2cc(C)ncn2)nc1C. The minimum atomic E-state index is -0.424. The predicted molar refractivity (Wildman–Crippen MR) is 93.5 cm³/mol. The molecule has 0 aliphatic carbocycles. The van der Waals surface area contributed by atoms with E-state index in [0.717, 1.165) is 22.1 Å². The number of nitrogens with one attached hydrogen (secondary N) is 1. The maximum atomic E-state index is 12.3. The van der Waals surface area contributed by atoms with Gasteiger partial charge in [0.25, 0.3) is 0 Å². The summed E-state index contributed by atoms with van der Waals surface area (Å²) in [5.74, 6) is -0.632. The quantitative estimate of drug-likeness (QED) is 0.477. The molecule has 0 saturated heterocycles. The molecule has 2 rings (SSSR count). The first kappa shape index (κ1) is 18.3. The largest absolute Gasteiger partial charge is 0.462 e. The number of carbonyl (C=O) groups excluding carboxylic acids is 2. The zero-order chi connectivity index (χ0) is 17.7. The Morgan fingerprint density at radius 2 is 2.12 bits per heavy atom. The number of thiazole rings is 1. The molecule has 1 atom stereocenters. The van der Waals surface area contributed by atoms with Crippen LogP contribution in [-0.4, -0.2) is 38.7 Å². The highest BCUT2D eigenvalue weighted by atomic mass is 32.2. The number of hydrogen-bond acceptors (Lipinski definition) is 8. The summed E-state index contributed by atoms with van der Waals surface area (Å²) in [7, 11) is 0. The molecule has 0 aliphatic heterocycles. The van der Waals surface area contributed by atoms with Gasteiger partial charge in [-0.05, 0) is 33.8 Å². The second kappa shape index (κ2) is 8.20. The standard InChI is InChI=1S/C15H18N4O3S2/c1-5-22-14(21)12-9(3)18-15(24-12)19-13(20)10(4)23-11-6-8(2)16-7-17-11/h6-7,10H,5H2,1-4H3,(H,18,19,20). The van der Waals surface area contributed by atoms with Gasteiger partial charge in [0, 0.05) is 5.69 Å². The lowest BCUT2D eigenvalue weighted by Crippen LogP contribution is -2.22. The molecule has 0 fully saturated rings. The molecule has 0 bridgehead atoms. The van der Waals surface area contributed by atoms with Crippen molar-refractivity contribution in [2.45, 2.75) is 38.0 Å². The molecule has 0 aromatic carbocycles. The van der Waals surface area contributed by atoms with Crippen LogP contribution < -0.4 is 5.32 Å². The number of amides is 1. The molecule has 1 amide bonds. The van der Waals surface area contributed by atoms with Gasteiger partial charge in [0.15, 0.2) is 5.13 Å². The van der Waals surface area contributed by atoms with E-state index in [1.807, 2.05) is 13.0 Å². The van der Waals surface area contributed by atoms with Crippen molar-refractivity contribution < 1.29 is 14.3 Å². The van der Waals surface area contributed by atoms with Crippen molar-refractivity contribution in [3.05, 3.63) is 28.7 Å². The van der Waals surface area contributed by atoms with Crippen LogP contribution in [0.4, 0.5) is 5.13 Å². The summed E-state index contributed by atoms with van der Waals surface area (Å²) >= 11 is 2.44. The molecule has 1 unspecified atom stereocenters. The first-order valence-electron chi connectivity index (χ1n) is 7.31. The third-order valence-electron chi connectivity index (χ3n) is 2.93. The molecule has 0 spiro atoms. The van der Waals surface area contributed by atoms with Gasteiger partial charge in [-0.1, -0.05) is 23.1 Å². The van der Waals surface area contributed by atoms with E-state index in [-0.39, 0.29) is 11.2 Å². The fraction of sp³-hybridized carbons (Fsp3) is 0.400. The number of ether oxygens (including phenoxy) is 1. The fourth-order valence-corrected chi connectivity index (χ4v) is 3.51. The first-order valence-corrected chi connectivity index (χ1v) is 9.01. The van der Waals surface area contributed by atoms with E-state index in [2.05, 4.69) is 20.3 Å². The zero-order valence-corrected chi connectivity index (χ0v) is 15.5. The number of rotatable bonds is 6.